The number of rotatable bonds is 9. The van der Waals surface area contributed by atoms with Crippen LogP contribution in [-0.4, -0.2) is 27.5 Å². The number of halogens is 1. The molecule has 4 rings (SSSR count). The molecular weight excluding hydrogens is 393 g/mol. The van der Waals surface area contributed by atoms with Crippen LogP contribution in [0.25, 0.3) is 22.7 Å². The van der Waals surface area contributed by atoms with Crippen LogP contribution < -0.4 is 10.6 Å². The van der Waals surface area contributed by atoms with E-state index < -0.39 is 5.82 Å². The molecule has 0 saturated carbocycles. The van der Waals surface area contributed by atoms with Crippen molar-refractivity contribution in [3.63, 3.8) is 0 Å². The highest BCUT2D eigenvalue weighted by Gasteiger charge is 2.05. The lowest BCUT2D eigenvalue weighted by Crippen LogP contribution is -2.35. The van der Waals surface area contributed by atoms with E-state index in [1.54, 1.807) is 6.20 Å². The van der Waals surface area contributed by atoms with Gasteiger partial charge in [-0.3, -0.25) is 0 Å². The van der Waals surface area contributed by atoms with Crippen molar-refractivity contribution in [2.75, 3.05) is 6.54 Å². The zero-order valence-electron chi connectivity index (χ0n) is 17.3. The van der Waals surface area contributed by atoms with Crippen molar-refractivity contribution in [3.05, 3.63) is 90.5 Å². The molecule has 31 heavy (non-hydrogen) atoms. The number of hydrogen-bond donors (Lipinski definition) is 2. The third-order valence-electron chi connectivity index (χ3n) is 4.94. The fraction of sp³-hybridized carbons (Fsp3) is 0.208. The maximum atomic E-state index is 13.0. The van der Waals surface area contributed by atoms with Crippen LogP contribution in [0.15, 0.2) is 77.9 Å². The minimum absolute atomic E-state index is 0.313. The molecule has 0 aliphatic carbocycles. The molecule has 2 aromatic carbocycles. The Hall–Kier alpha value is -3.42. The van der Waals surface area contributed by atoms with E-state index in [-0.39, 0.29) is 0 Å². The lowest BCUT2D eigenvalue weighted by Gasteiger charge is -2.15. The fourth-order valence-electron chi connectivity index (χ4n) is 3.18. The van der Waals surface area contributed by atoms with Gasteiger partial charge in [0.15, 0.2) is 23.8 Å². The van der Waals surface area contributed by atoms with E-state index in [2.05, 4.69) is 44.6 Å². The molecule has 0 amide bonds. The molecule has 0 spiro atoms. The maximum Gasteiger partial charge on any atom is 0.181 e. The van der Waals surface area contributed by atoms with E-state index in [0.717, 1.165) is 36.5 Å². The van der Waals surface area contributed by atoms with Crippen LogP contribution in [0.4, 0.5) is 4.39 Å². The largest absolute Gasteiger partial charge is 0.444 e. The lowest BCUT2D eigenvalue weighted by molar-refractivity contribution is 0.501. The molecular formula is C24H24FN5O. The Kier molecular flexibility index (Phi) is 6.76. The standard InChI is InChI=1S/C24H24FN5O/c1-17(10-26-11-18-2-6-20(7-3-18)23-15-27-16-31-23)28-12-19-4-8-21(9-5-19)24-29-13-22(25)14-30-24/h2-9,13-17,26,28H,10-12H2,1H3/t17-/m0/s1. The van der Waals surface area contributed by atoms with E-state index in [1.807, 2.05) is 36.4 Å². The van der Waals surface area contributed by atoms with Gasteiger partial charge in [-0.2, -0.15) is 0 Å². The molecule has 0 fully saturated rings. The predicted molar refractivity (Wildman–Crippen MR) is 117 cm³/mol. The van der Waals surface area contributed by atoms with Gasteiger partial charge >= 0.3 is 0 Å². The third kappa shape index (κ3) is 5.81. The average Bonchev–Trinajstić information content (AvgIpc) is 3.34. The molecule has 158 valence electrons. The van der Waals surface area contributed by atoms with Crippen molar-refractivity contribution in [3.8, 4) is 22.7 Å². The Morgan fingerprint density at radius 3 is 2.16 bits per heavy atom. The van der Waals surface area contributed by atoms with Gasteiger partial charge in [0.25, 0.3) is 0 Å². The number of aromatic nitrogens is 3. The predicted octanol–water partition coefficient (Wildman–Crippen LogP) is 4.21. The van der Waals surface area contributed by atoms with Gasteiger partial charge in [0.05, 0.1) is 18.6 Å². The van der Waals surface area contributed by atoms with Crippen LogP contribution in [0, 0.1) is 5.82 Å². The molecule has 0 aliphatic heterocycles. The van der Waals surface area contributed by atoms with Gasteiger partial charge in [0, 0.05) is 36.8 Å². The van der Waals surface area contributed by atoms with Gasteiger partial charge in [-0.15, -0.1) is 0 Å². The second kappa shape index (κ2) is 10.1. The van der Waals surface area contributed by atoms with Crippen LogP contribution in [-0.2, 0) is 13.1 Å². The SMILES string of the molecule is C[C@@H](CNCc1ccc(-c2cnco2)cc1)NCc1ccc(-c2ncc(F)cn2)cc1. The third-order valence-corrected chi connectivity index (χ3v) is 4.94. The molecule has 6 nitrogen and oxygen atoms in total. The van der Waals surface area contributed by atoms with E-state index >= 15 is 0 Å². The van der Waals surface area contributed by atoms with Crippen molar-refractivity contribution in [1.29, 1.82) is 0 Å². The highest BCUT2D eigenvalue weighted by molar-refractivity contribution is 5.56. The Morgan fingerprint density at radius 1 is 0.871 bits per heavy atom. The molecule has 1 atom stereocenters. The minimum Gasteiger partial charge on any atom is -0.444 e. The normalized spacial score (nSPS) is 12.1. The first-order valence-corrected chi connectivity index (χ1v) is 10.2. The summed E-state index contributed by atoms with van der Waals surface area (Å²) < 4.78 is 18.3. The van der Waals surface area contributed by atoms with Crippen molar-refractivity contribution in [2.45, 2.75) is 26.1 Å². The number of hydrogen-bond acceptors (Lipinski definition) is 6. The van der Waals surface area contributed by atoms with Crippen molar-refractivity contribution < 1.29 is 8.81 Å². The van der Waals surface area contributed by atoms with Gasteiger partial charge in [0.1, 0.15) is 0 Å². The van der Waals surface area contributed by atoms with Crippen LogP contribution in [0.5, 0.6) is 0 Å². The molecule has 0 bridgehead atoms. The first-order chi connectivity index (χ1) is 15.2. The second-order valence-corrected chi connectivity index (χ2v) is 7.40. The van der Waals surface area contributed by atoms with Crippen molar-refractivity contribution in [1.82, 2.24) is 25.6 Å². The van der Waals surface area contributed by atoms with Crippen molar-refractivity contribution in [2.24, 2.45) is 0 Å². The quantitative estimate of drug-likeness (QED) is 0.425. The summed E-state index contributed by atoms with van der Waals surface area (Å²) in [5, 5.41) is 7.00. The number of benzene rings is 2. The molecule has 0 radical (unpaired) electrons. The summed E-state index contributed by atoms with van der Waals surface area (Å²) >= 11 is 0. The Labute approximate surface area is 180 Å². The molecule has 7 heteroatoms. The molecule has 0 aliphatic rings. The number of nitrogens with zero attached hydrogens (tertiary/aromatic N) is 3. The van der Waals surface area contributed by atoms with Gasteiger partial charge in [-0.25, -0.2) is 19.3 Å². The van der Waals surface area contributed by atoms with E-state index in [9.17, 15) is 4.39 Å². The van der Waals surface area contributed by atoms with Gasteiger partial charge in [0.2, 0.25) is 0 Å². The number of oxazole rings is 1. The first kappa shape index (κ1) is 20.8. The minimum atomic E-state index is -0.435. The Balaban J connectivity index is 1.19. The average molecular weight is 417 g/mol. The van der Waals surface area contributed by atoms with Crippen LogP contribution in [0.2, 0.25) is 0 Å². The number of nitrogens with one attached hydrogen (secondary N) is 2. The van der Waals surface area contributed by atoms with Crippen LogP contribution >= 0.6 is 0 Å². The topological polar surface area (TPSA) is 75.9 Å². The summed E-state index contributed by atoms with van der Waals surface area (Å²) in [7, 11) is 0. The highest BCUT2D eigenvalue weighted by atomic mass is 19.1. The summed E-state index contributed by atoms with van der Waals surface area (Å²) in [5.74, 6) is 0.860. The summed E-state index contributed by atoms with van der Waals surface area (Å²) in [6, 6.07) is 16.6. The lowest BCUT2D eigenvalue weighted by atomic mass is 10.1. The Morgan fingerprint density at radius 2 is 1.52 bits per heavy atom. The molecule has 0 saturated heterocycles. The van der Waals surface area contributed by atoms with E-state index in [1.165, 1.54) is 29.9 Å². The van der Waals surface area contributed by atoms with Gasteiger partial charge in [-0.1, -0.05) is 48.5 Å². The van der Waals surface area contributed by atoms with Gasteiger partial charge < -0.3 is 15.1 Å². The summed E-state index contributed by atoms with van der Waals surface area (Å²) in [5.41, 5.74) is 4.27. The monoisotopic (exact) mass is 417 g/mol. The summed E-state index contributed by atoms with van der Waals surface area (Å²) in [6.45, 7) is 4.57. The van der Waals surface area contributed by atoms with Crippen LogP contribution in [0.1, 0.15) is 18.1 Å². The molecule has 2 N–H and O–H groups in total. The summed E-state index contributed by atoms with van der Waals surface area (Å²) in [4.78, 5) is 12.0. The molecule has 2 heterocycles. The highest BCUT2D eigenvalue weighted by Crippen LogP contribution is 2.19. The van der Waals surface area contributed by atoms with E-state index in [0.29, 0.717) is 11.9 Å². The zero-order chi connectivity index (χ0) is 21.5. The maximum absolute atomic E-state index is 13.0. The van der Waals surface area contributed by atoms with E-state index in [4.69, 9.17) is 4.42 Å². The molecule has 0 unspecified atom stereocenters. The van der Waals surface area contributed by atoms with Gasteiger partial charge in [-0.05, 0) is 18.1 Å². The summed E-state index contributed by atoms with van der Waals surface area (Å²) in [6.07, 6.45) is 5.51. The second-order valence-electron chi connectivity index (χ2n) is 7.40. The first-order valence-electron chi connectivity index (χ1n) is 10.2. The molecule has 4 aromatic rings. The molecule has 2 aromatic heterocycles. The Bertz CT molecular complexity index is 1060. The smallest absolute Gasteiger partial charge is 0.181 e. The zero-order valence-corrected chi connectivity index (χ0v) is 17.3. The van der Waals surface area contributed by atoms with Crippen LogP contribution in [0.3, 0.4) is 0 Å². The fourth-order valence-corrected chi connectivity index (χ4v) is 3.18. The van der Waals surface area contributed by atoms with Crippen molar-refractivity contribution >= 4 is 0 Å².